The zero-order valence-corrected chi connectivity index (χ0v) is 11.9. The maximum absolute atomic E-state index is 4.45. The third-order valence-electron chi connectivity index (χ3n) is 3.36. The molecule has 0 radical (unpaired) electrons. The maximum Gasteiger partial charge on any atom is 0.244 e. The highest BCUT2D eigenvalue weighted by Gasteiger charge is 2.13. The fourth-order valence-corrected chi connectivity index (χ4v) is 2.30. The summed E-state index contributed by atoms with van der Waals surface area (Å²) in [4.78, 5) is 6.56. The molecule has 0 saturated heterocycles. The van der Waals surface area contributed by atoms with Crippen LogP contribution in [-0.2, 0) is 0 Å². The van der Waals surface area contributed by atoms with Gasteiger partial charge in [0.05, 0.1) is 6.20 Å². The summed E-state index contributed by atoms with van der Waals surface area (Å²) in [5, 5.41) is 14.6. The number of nitrogens with zero attached hydrogens (tertiary/aromatic N) is 4. The first-order valence-corrected chi connectivity index (χ1v) is 7.09. The second-order valence-electron chi connectivity index (χ2n) is 5.37. The highest BCUT2D eigenvalue weighted by molar-refractivity contribution is 5.37. The topological polar surface area (TPSA) is 66.0 Å². The second kappa shape index (κ2) is 7.23. The minimum absolute atomic E-state index is 0.542. The van der Waals surface area contributed by atoms with Crippen LogP contribution < -0.4 is 10.6 Å². The van der Waals surface area contributed by atoms with Crippen molar-refractivity contribution in [2.24, 2.45) is 0 Å². The molecule has 0 aliphatic heterocycles. The number of nitrogens with one attached hydrogen (secondary N) is 2. The van der Waals surface area contributed by atoms with Crippen LogP contribution in [0.25, 0.3) is 0 Å². The Bertz CT molecular complexity index is 375. The zero-order chi connectivity index (χ0) is 13.5. The van der Waals surface area contributed by atoms with Gasteiger partial charge < -0.3 is 15.5 Å². The molecule has 1 aromatic rings. The average Bonchev–Trinajstić information content (AvgIpc) is 2.40. The van der Waals surface area contributed by atoms with Crippen molar-refractivity contribution in [1.82, 2.24) is 20.1 Å². The summed E-state index contributed by atoms with van der Waals surface area (Å²) < 4.78 is 0. The van der Waals surface area contributed by atoms with Gasteiger partial charge >= 0.3 is 0 Å². The largest absolute Gasteiger partial charge is 0.366 e. The van der Waals surface area contributed by atoms with Crippen LogP contribution in [0.3, 0.4) is 0 Å². The van der Waals surface area contributed by atoms with Crippen LogP contribution in [0, 0.1) is 0 Å². The van der Waals surface area contributed by atoms with Gasteiger partial charge in [0.25, 0.3) is 0 Å². The molecule has 1 heterocycles. The second-order valence-corrected chi connectivity index (χ2v) is 5.37. The van der Waals surface area contributed by atoms with Gasteiger partial charge in [-0.2, -0.15) is 10.1 Å². The van der Waals surface area contributed by atoms with Crippen molar-refractivity contribution in [2.75, 3.05) is 37.8 Å². The third-order valence-corrected chi connectivity index (χ3v) is 3.36. The predicted molar refractivity (Wildman–Crippen MR) is 77.4 cm³/mol. The fourth-order valence-electron chi connectivity index (χ4n) is 2.30. The van der Waals surface area contributed by atoms with Crippen molar-refractivity contribution in [3.8, 4) is 0 Å². The molecule has 1 aliphatic rings. The molecule has 1 aliphatic carbocycles. The molecule has 0 bridgehead atoms. The van der Waals surface area contributed by atoms with Crippen LogP contribution in [-0.4, -0.2) is 53.3 Å². The highest BCUT2D eigenvalue weighted by atomic mass is 15.3. The Labute approximate surface area is 115 Å². The monoisotopic (exact) mass is 264 g/mol. The SMILES string of the molecule is CN(C)CCNc1nncc(NC2CCCCC2)n1. The van der Waals surface area contributed by atoms with Crippen molar-refractivity contribution in [3.05, 3.63) is 6.20 Å². The standard InChI is InChI=1S/C13H24N6/c1-19(2)9-8-14-13-17-12(10-15-18-13)16-11-6-4-3-5-7-11/h10-11H,3-9H2,1-2H3,(H2,14,16,17,18). The number of anilines is 2. The van der Waals surface area contributed by atoms with Gasteiger partial charge in [0.2, 0.25) is 5.95 Å². The van der Waals surface area contributed by atoms with Crippen LogP contribution in [0.1, 0.15) is 32.1 Å². The quantitative estimate of drug-likeness (QED) is 0.813. The van der Waals surface area contributed by atoms with Crippen LogP contribution in [0.2, 0.25) is 0 Å². The van der Waals surface area contributed by atoms with E-state index in [1.54, 1.807) is 6.20 Å². The predicted octanol–water partition coefficient (Wildman–Crippen LogP) is 1.59. The van der Waals surface area contributed by atoms with Crippen molar-refractivity contribution in [1.29, 1.82) is 0 Å². The number of hydrogen-bond donors (Lipinski definition) is 2. The maximum atomic E-state index is 4.45. The van der Waals surface area contributed by atoms with E-state index in [4.69, 9.17) is 0 Å². The first-order valence-electron chi connectivity index (χ1n) is 7.09. The molecule has 6 nitrogen and oxygen atoms in total. The molecule has 1 fully saturated rings. The van der Waals surface area contributed by atoms with Crippen molar-refractivity contribution in [3.63, 3.8) is 0 Å². The van der Waals surface area contributed by atoms with Crippen molar-refractivity contribution in [2.45, 2.75) is 38.1 Å². The zero-order valence-electron chi connectivity index (χ0n) is 11.9. The van der Waals surface area contributed by atoms with Crippen LogP contribution in [0.5, 0.6) is 0 Å². The molecular formula is C13H24N6. The lowest BCUT2D eigenvalue weighted by Gasteiger charge is -2.23. The number of likely N-dealkylation sites (N-methyl/N-ethyl adjacent to an activating group) is 1. The van der Waals surface area contributed by atoms with Gasteiger partial charge in [0.15, 0.2) is 5.82 Å². The summed E-state index contributed by atoms with van der Waals surface area (Å²) >= 11 is 0. The summed E-state index contributed by atoms with van der Waals surface area (Å²) in [5.41, 5.74) is 0. The van der Waals surface area contributed by atoms with Gasteiger partial charge in [-0.3, -0.25) is 0 Å². The molecule has 2 rings (SSSR count). The lowest BCUT2D eigenvalue weighted by Crippen LogP contribution is -2.24. The molecule has 1 aromatic heterocycles. The van der Waals surface area contributed by atoms with E-state index in [0.717, 1.165) is 18.9 Å². The Balaban J connectivity index is 1.83. The van der Waals surface area contributed by atoms with Crippen molar-refractivity contribution >= 4 is 11.8 Å². The van der Waals surface area contributed by atoms with Gasteiger partial charge in [0.1, 0.15) is 0 Å². The van der Waals surface area contributed by atoms with Crippen LogP contribution in [0.4, 0.5) is 11.8 Å². The molecular weight excluding hydrogens is 240 g/mol. The normalized spacial score (nSPS) is 16.6. The molecule has 0 amide bonds. The molecule has 2 N–H and O–H groups in total. The first-order chi connectivity index (χ1) is 9.24. The van der Waals surface area contributed by atoms with Crippen LogP contribution in [0.15, 0.2) is 6.20 Å². The summed E-state index contributed by atoms with van der Waals surface area (Å²) in [6.45, 7) is 1.77. The van der Waals surface area contributed by atoms with E-state index in [1.807, 2.05) is 14.1 Å². The first kappa shape index (κ1) is 14.0. The number of hydrogen-bond acceptors (Lipinski definition) is 6. The molecule has 106 valence electrons. The lowest BCUT2D eigenvalue weighted by molar-refractivity contribution is 0.424. The van der Waals surface area contributed by atoms with Gasteiger partial charge in [-0.05, 0) is 26.9 Å². The van der Waals surface area contributed by atoms with Crippen LogP contribution >= 0.6 is 0 Å². The number of aromatic nitrogens is 3. The molecule has 19 heavy (non-hydrogen) atoms. The Morgan fingerprint density at radius 2 is 2.05 bits per heavy atom. The summed E-state index contributed by atoms with van der Waals surface area (Å²) in [6, 6.07) is 0.542. The molecule has 0 atom stereocenters. The van der Waals surface area contributed by atoms with E-state index >= 15 is 0 Å². The Kier molecular flexibility index (Phi) is 5.32. The summed E-state index contributed by atoms with van der Waals surface area (Å²) in [6.07, 6.45) is 8.14. The van der Waals surface area contributed by atoms with E-state index in [0.29, 0.717) is 12.0 Å². The van der Waals surface area contributed by atoms with Gasteiger partial charge in [0, 0.05) is 19.1 Å². The van der Waals surface area contributed by atoms with Gasteiger partial charge in [-0.15, -0.1) is 5.10 Å². The molecule has 0 aromatic carbocycles. The van der Waals surface area contributed by atoms with E-state index < -0.39 is 0 Å². The molecule has 6 heteroatoms. The Morgan fingerprint density at radius 1 is 1.26 bits per heavy atom. The lowest BCUT2D eigenvalue weighted by atomic mass is 9.96. The summed E-state index contributed by atoms with van der Waals surface area (Å²) in [5.74, 6) is 1.43. The fraction of sp³-hybridized carbons (Fsp3) is 0.769. The van der Waals surface area contributed by atoms with E-state index in [1.165, 1.54) is 32.1 Å². The Morgan fingerprint density at radius 3 is 2.79 bits per heavy atom. The molecule has 0 unspecified atom stereocenters. The average molecular weight is 264 g/mol. The minimum atomic E-state index is 0.542. The van der Waals surface area contributed by atoms with E-state index in [2.05, 4.69) is 30.7 Å². The van der Waals surface area contributed by atoms with Gasteiger partial charge in [-0.1, -0.05) is 19.3 Å². The Hall–Kier alpha value is -1.43. The third kappa shape index (κ3) is 4.98. The summed E-state index contributed by atoms with van der Waals surface area (Å²) in [7, 11) is 4.09. The smallest absolute Gasteiger partial charge is 0.244 e. The molecule has 1 saturated carbocycles. The van der Waals surface area contributed by atoms with Crippen molar-refractivity contribution < 1.29 is 0 Å². The van der Waals surface area contributed by atoms with Gasteiger partial charge in [-0.25, -0.2) is 0 Å². The number of rotatable bonds is 6. The molecule has 0 spiro atoms. The highest BCUT2D eigenvalue weighted by Crippen LogP contribution is 2.20. The van der Waals surface area contributed by atoms with E-state index in [-0.39, 0.29) is 0 Å². The minimum Gasteiger partial charge on any atom is -0.366 e. The van der Waals surface area contributed by atoms with E-state index in [9.17, 15) is 0 Å².